The van der Waals surface area contributed by atoms with E-state index in [1.54, 1.807) is 24.3 Å². The Morgan fingerprint density at radius 2 is 1.53 bits per heavy atom. The highest BCUT2D eigenvalue weighted by atomic mass is 32.2. The SMILES string of the molecule is Cc1ccc(C(=O)Nc2ccc(S(=O)(=O)NC(C)C(=O)OCc3ccccc3)cc2)cc1. The lowest BCUT2D eigenvalue weighted by Crippen LogP contribution is -2.39. The minimum Gasteiger partial charge on any atom is -0.460 e. The first kappa shape index (κ1) is 23.2. The van der Waals surface area contributed by atoms with Crippen LogP contribution in [0, 0.1) is 6.92 Å². The fourth-order valence-corrected chi connectivity index (χ4v) is 4.02. The molecule has 0 saturated heterocycles. The first-order valence-corrected chi connectivity index (χ1v) is 11.4. The van der Waals surface area contributed by atoms with Crippen LogP contribution in [0.2, 0.25) is 0 Å². The van der Waals surface area contributed by atoms with E-state index in [1.807, 2.05) is 37.3 Å². The van der Waals surface area contributed by atoms with Gasteiger partial charge < -0.3 is 10.1 Å². The molecular weight excluding hydrogens is 428 g/mol. The van der Waals surface area contributed by atoms with Gasteiger partial charge in [0, 0.05) is 11.3 Å². The average molecular weight is 453 g/mol. The summed E-state index contributed by atoms with van der Waals surface area (Å²) in [5.74, 6) is -0.979. The molecule has 1 unspecified atom stereocenters. The Balaban J connectivity index is 1.58. The maximum Gasteiger partial charge on any atom is 0.324 e. The number of carbonyl (C=O) groups is 2. The Labute approximate surface area is 187 Å². The van der Waals surface area contributed by atoms with Crippen LogP contribution < -0.4 is 10.0 Å². The van der Waals surface area contributed by atoms with Gasteiger partial charge in [-0.1, -0.05) is 48.0 Å². The third-order valence-corrected chi connectivity index (χ3v) is 6.20. The van der Waals surface area contributed by atoms with Gasteiger partial charge in [0.05, 0.1) is 4.90 Å². The van der Waals surface area contributed by atoms with Crippen LogP contribution in [0.4, 0.5) is 5.69 Å². The van der Waals surface area contributed by atoms with Crippen molar-refractivity contribution in [1.29, 1.82) is 0 Å². The number of ether oxygens (including phenoxy) is 1. The molecule has 0 fully saturated rings. The van der Waals surface area contributed by atoms with E-state index in [0.717, 1.165) is 11.1 Å². The molecule has 3 aromatic carbocycles. The van der Waals surface area contributed by atoms with E-state index in [9.17, 15) is 18.0 Å². The van der Waals surface area contributed by atoms with E-state index >= 15 is 0 Å². The summed E-state index contributed by atoms with van der Waals surface area (Å²) in [6, 6.07) is 20.8. The molecule has 3 aromatic rings. The van der Waals surface area contributed by atoms with Gasteiger partial charge in [-0.2, -0.15) is 4.72 Å². The van der Waals surface area contributed by atoms with E-state index in [2.05, 4.69) is 10.0 Å². The largest absolute Gasteiger partial charge is 0.460 e. The standard InChI is InChI=1S/C24H24N2O5S/c1-17-8-10-20(11-9-17)23(27)25-21-12-14-22(15-13-21)32(29,30)26-18(2)24(28)31-16-19-6-4-3-5-7-19/h3-15,18,26H,16H2,1-2H3,(H,25,27). The number of aryl methyl sites for hydroxylation is 1. The van der Waals surface area contributed by atoms with E-state index in [-0.39, 0.29) is 17.4 Å². The summed E-state index contributed by atoms with van der Waals surface area (Å²) in [6.07, 6.45) is 0. The summed E-state index contributed by atoms with van der Waals surface area (Å²) in [7, 11) is -3.95. The number of nitrogens with one attached hydrogen (secondary N) is 2. The quantitative estimate of drug-likeness (QED) is 0.508. The second-order valence-electron chi connectivity index (χ2n) is 7.28. The van der Waals surface area contributed by atoms with Crippen LogP contribution in [0.5, 0.6) is 0 Å². The number of amides is 1. The number of hydrogen-bond donors (Lipinski definition) is 2. The minimum absolute atomic E-state index is 0.0338. The number of rotatable bonds is 8. The molecule has 0 aliphatic carbocycles. The Kier molecular flexibility index (Phi) is 7.40. The van der Waals surface area contributed by atoms with Crippen molar-refractivity contribution in [3.05, 3.63) is 95.6 Å². The van der Waals surface area contributed by atoms with Crippen LogP contribution in [0.15, 0.2) is 83.8 Å². The fraction of sp³-hybridized carbons (Fsp3) is 0.167. The number of carbonyl (C=O) groups excluding carboxylic acids is 2. The van der Waals surface area contributed by atoms with Crippen molar-refractivity contribution in [1.82, 2.24) is 4.72 Å². The summed E-state index contributed by atoms with van der Waals surface area (Å²) in [6.45, 7) is 3.40. The highest BCUT2D eigenvalue weighted by Gasteiger charge is 2.23. The lowest BCUT2D eigenvalue weighted by Gasteiger charge is -2.14. The van der Waals surface area contributed by atoms with Gasteiger partial charge in [0.15, 0.2) is 0 Å². The van der Waals surface area contributed by atoms with Crippen molar-refractivity contribution in [2.75, 3.05) is 5.32 Å². The van der Waals surface area contributed by atoms with E-state index in [0.29, 0.717) is 11.3 Å². The van der Waals surface area contributed by atoms with Gasteiger partial charge in [-0.05, 0) is 55.8 Å². The molecule has 0 aliphatic rings. The molecule has 0 radical (unpaired) electrons. The van der Waals surface area contributed by atoms with Crippen LogP contribution in [0.1, 0.15) is 28.4 Å². The highest BCUT2D eigenvalue weighted by molar-refractivity contribution is 7.89. The minimum atomic E-state index is -3.95. The molecule has 0 spiro atoms. The molecule has 2 N–H and O–H groups in total. The van der Waals surface area contributed by atoms with Gasteiger partial charge in [0.1, 0.15) is 12.6 Å². The zero-order chi connectivity index (χ0) is 23.1. The molecule has 3 rings (SSSR count). The second-order valence-corrected chi connectivity index (χ2v) is 8.99. The van der Waals surface area contributed by atoms with Crippen LogP contribution >= 0.6 is 0 Å². The smallest absolute Gasteiger partial charge is 0.324 e. The molecule has 0 saturated carbocycles. The number of benzene rings is 3. The Hall–Kier alpha value is -3.49. The Morgan fingerprint density at radius 1 is 0.906 bits per heavy atom. The Morgan fingerprint density at radius 3 is 2.16 bits per heavy atom. The summed E-state index contributed by atoms with van der Waals surface area (Å²) >= 11 is 0. The highest BCUT2D eigenvalue weighted by Crippen LogP contribution is 2.16. The third-order valence-electron chi connectivity index (χ3n) is 4.65. The molecule has 32 heavy (non-hydrogen) atoms. The first-order chi connectivity index (χ1) is 15.2. The predicted molar refractivity (Wildman–Crippen MR) is 122 cm³/mol. The topological polar surface area (TPSA) is 102 Å². The van der Waals surface area contributed by atoms with Crippen molar-refractivity contribution < 1.29 is 22.7 Å². The number of anilines is 1. The molecule has 166 valence electrons. The van der Waals surface area contributed by atoms with Gasteiger partial charge in [-0.15, -0.1) is 0 Å². The fourth-order valence-electron chi connectivity index (χ4n) is 2.83. The summed E-state index contributed by atoms with van der Waals surface area (Å²) in [4.78, 5) is 24.4. The van der Waals surface area contributed by atoms with Gasteiger partial charge in [0.25, 0.3) is 5.91 Å². The van der Waals surface area contributed by atoms with E-state index < -0.39 is 22.0 Å². The van der Waals surface area contributed by atoms with Crippen LogP contribution in [-0.2, 0) is 26.2 Å². The maximum atomic E-state index is 12.6. The van der Waals surface area contributed by atoms with Crippen molar-refractivity contribution in [2.24, 2.45) is 0 Å². The van der Waals surface area contributed by atoms with E-state index in [4.69, 9.17) is 4.74 Å². The summed E-state index contributed by atoms with van der Waals surface area (Å²) < 4.78 is 32.7. The van der Waals surface area contributed by atoms with E-state index in [1.165, 1.54) is 31.2 Å². The lowest BCUT2D eigenvalue weighted by atomic mass is 10.1. The van der Waals surface area contributed by atoms with Crippen molar-refractivity contribution >= 4 is 27.6 Å². The average Bonchev–Trinajstić information content (AvgIpc) is 2.78. The number of hydrogen-bond acceptors (Lipinski definition) is 5. The number of sulfonamides is 1. The maximum absolute atomic E-state index is 12.6. The molecular formula is C24H24N2O5S. The number of esters is 1. The van der Waals surface area contributed by atoms with Crippen LogP contribution in [0.3, 0.4) is 0 Å². The van der Waals surface area contributed by atoms with Gasteiger partial charge >= 0.3 is 5.97 Å². The first-order valence-electron chi connectivity index (χ1n) is 9.95. The molecule has 0 heterocycles. The molecule has 0 bridgehead atoms. The second kappa shape index (κ2) is 10.2. The van der Waals surface area contributed by atoms with Gasteiger partial charge in [-0.25, -0.2) is 8.42 Å². The van der Waals surface area contributed by atoms with Crippen molar-refractivity contribution in [3.63, 3.8) is 0 Å². The third kappa shape index (κ3) is 6.26. The monoisotopic (exact) mass is 452 g/mol. The molecule has 7 nitrogen and oxygen atoms in total. The summed E-state index contributed by atoms with van der Waals surface area (Å²) in [5.41, 5.74) is 2.79. The summed E-state index contributed by atoms with van der Waals surface area (Å²) in [5, 5.41) is 2.72. The molecule has 1 amide bonds. The van der Waals surface area contributed by atoms with Gasteiger partial charge in [0.2, 0.25) is 10.0 Å². The van der Waals surface area contributed by atoms with Gasteiger partial charge in [-0.3, -0.25) is 9.59 Å². The van der Waals surface area contributed by atoms with Crippen LogP contribution in [0.25, 0.3) is 0 Å². The normalized spacial score (nSPS) is 12.1. The predicted octanol–water partition coefficient (Wildman–Crippen LogP) is 3.66. The van der Waals surface area contributed by atoms with Crippen molar-refractivity contribution in [3.8, 4) is 0 Å². The molecule has 0 aromatic heterocycles. The molecule has 1 atom stereocenters. The van der Waals surface area contributed by atoms with Crippen LogP contribution in [-0.4, -0.2) is 26.3 Å². The molecule has 8 heteroatoms. The Bertz CT molecular complexity index is 1180. The lowest BCUT2D eigenvalue weighted by molar-refractivity contribution is -0.146. The zero-order valence-corrected chi connectivity index (χ0v) is 18.6. The van der Waals surface area contributed by atoms with Crippen molar-refractivity contribution in [2.45, 2.75) is 31.4 Å². The molecule has 0 aliphatic heterocycles. The zero-order valence-electron chi connectivity index (χ0n) is 17.7.